The quantitative estimate of drug-likeness (QED) is 0.624. The Labute approximate surface area is 123 Å². The highest BCUT2D eigenvalue weighted by Gasteiger charge is 2.17. The molecule has 3 heteroatoms. The van der Waals surface area contributed by atoms with Crippen LogP contribution in [0.25, 0.3) is 0 Å². The van der Waals surface area contributed by atoms with Crippen molar-refractivity contribution in [1.29, 1.82) is 0 Å². The van der Waals surface area contributed by atoms with Crippen molar-refractivity contribution in [1.82, 2.24) is 0 Å². The highest BCUT2D eigenvalue weighted by atomic mass is 16.5. The van der Waals surface area contributed by atoms with Crippen molar-refractivity contribution < 1.29 is 15.8 Å². The number of quaternary nitrogens is 2. The fourth-order valence-electron chi connectivity index (χ4n) is 2.08. The van der Waals surface area contributed by atoms with Crippen LogP contribution in [0.2, 0.25) is 0 Å². The van der Waals surface area contributed by atoms with E-state index in [0.29, 0.717) is 0 Å². The molecule has 0 saturated carbocycles. The number of rotatable bonds is 10. The lowest BCUT2D eigenvalue weighted by Crippen LogP contribution is -2.88. The SMILES string of the molecule is CCC(C)(C)c1ccc(OCCCC[NH2+]CC[NH3+])cc1. The molecule has 3 nitrogen and oxygen atoms in total. The summed E-state index contributed by atoms with van der Waals surface area (Å²) in [4.78, 5) is 0. The molecule has 0 amide bonds. The number of benzene rings is 1. The van der Waals surface area contributed by atoms with Crippen molar-refractivity contribution in [3.8, 4) is 5.75 Å². The number of nitrogens with two attached hydrogens (primary N) is 1. The summed E-state index contributed by atoms with van der Waals surface area (Å²) < 4.78 is 5.79. The molecule has 1 rings (SSSR count). The van der Waals surface area contributed by atoms with Gasteiger partial charge in [-0.15, -0.1) is 0 Å². The molecule has 0 aliphatic rings. The van der Waals surface area contributed by atoms with E-state index in [9.17, 15) is 0 Å². The Morgan fingerprint density at radius 3 is 2.40 bits per heavy atom. The molecule has 5 N–H and O–H groups in total. The summed E-state index contributed by atoms with van der Waals surface area (Å²) in [6.45, 7) is 10.9. The summed E-state index contributed by atoms with van der Waals surface area (Å²) in [5.41, 5.74) is 5.47. The van der Waals surface area contributed by atoms with Gasteiger partial charge in [0.1, 0.15) is 18.8 Å². The van der Waals surface area contributed by atoms with E-state index in [1.54, 1.807) is 0 Å². The Bertz CT molecular complexity index is 360. The lowest BCUT2D eigenvalue weighted by molar-refractivity contribution is -0.670. The molecule has 0 bridgehead atoms. The largest absolute Gasteiger partial charge is 0.494 e. The predicted octanol–water partition coefficient (Wildman–Crippen LogP) is 1.34. The smallest absolute Gasteiger partial charge is 0.125 e. The van der Waals surface area contributed by atoms with Crippen LogP contribution in [0.5, 0.6) is 5.75 Å². The zero-order valence-corrected chi connectivity index (χ0v) is 13.5. The molecule has 20 heavy (non-hydrogen) atoms. The Kier molecular flexibility index (Phi) is 7.63. The van der Waals surface area contributed by atoms with E-state index in [1.807, 2.05) is 0 Å². The molecule has 0 aliphatic heterocycles. The van der Waals surface area contributed by atoms with Gasteiger partial charge in [-0.05, 0) is 42.4 Å². The van der Waals surface area contributed by atoms with Crippen LogP contribution in [0.1, 0.15) is 45.6 Å². The first-order valence-corrected chi connectivity index (χ1v) is 7.94. The van der Waals surface area contributed by atoms with E-state index in [1.165, 1.54) is 18.5 Å². The summed E-state index contributed by atoms with van der Waals surface area (Å²) in [5.74, 6) is 0.988. The molecular formula is C17H32N2O+2. The van der Waals surface area contributed by atoms with Gasteiger partial charge in [0.15, 0.2) is 0 Å². The second kappa shape index (κ2) is 8.98. The molecule has 0 unspecified atom stereocenters. The normalized spacial score (nSPS) is 11.6. The fourth-order valence-corrected chi connectivity index (χ4v) is 2.08. The molecule has 0 aromatic heterocycles. The minimum absolute atomic E-state index is 0.252. The van der Waals surface area contributed by atoms with Gasteiger partial charge in [0, 0.05) is 0 Å². The van der Waals surface area contributed by atoms with Crippen LogP contribution in [0.3, 0.4) is 0 Å². The Morgan fingerprint density at radius 1 is 1.10 bits per heavy atom. The van der Waals surface area contributed by atoms with Gasteiger partial charge in [-0.1, -0.05) is 32.9 Å². The van der Waals surface area contributed by atoms with Crippen LogP contribution in [0.15, 0.2) is 24.3 Å². The monoisotopic (exact) mass is 280 g/mol. The first-order valence-electron chi connectivity index (χ1n) is 7.94. The predicted molar refractivity (Wildman–Crippen MR) is 83.9 cm³/mol. The van der Waals surface area contributed by atoms with E-state index in [-0.39, 0.29) is 5.41 Å². The topological polar surface area (TPSA) is 53.5 Å². The van der Waals surface area contributed by atoms with Crippen LogP contribution < -0.4 is 15.8 Å². The van der Waals surface area contributed by atoms with Gasteiger partial charge in [0.05, 0.1) is 13.2 Å². The second-order valence-electron chi connectivity index (χ2n) is 6.04. The number of unbranched alkanes of at least 4 members (excludes halogenated alkanes) is 1. The molecule has 0 saturated heterocycles. The van der Waals surface area contributed by atoms with Crippen LogP contribution in [-0.4, -0.2) is 26.2 Å². The molecule has 0 spiro atoms. The highest BCUT2D eigenvalue weighted by Crippen LogP contribution is 2.27. The maximum absolute atomic E-state index is 5.79. The van der Waals surface area contributed by atoms with Gasteiger partial charge < -0.3 is 15.8 Å². The van der Waals surface area contributed by atoms with E-state index >= 15 is 0 Å². The van der Waals surface area contributed by atoms with E-state index in [2.05, 4.69) is 56.1 Å². The number of hydrogen-bond acceptors (Lipinski definition) is 1. The van der Waals surface area contributed by atoms with Crippen LogP contribution in [0.4, 0.5) is 0 Å². The van der Waals surface area contributed by atoms with Gasteiger partial charge in [-0.2, -0.15) is 0 Å². The zero-order chi connectivity index (χ0) is 14.8. The fraction of sp³-hybridized carbons (Fsp3) is 0.647. The summed E-state index contributed by atoms with van der Waals surface area (Å²) in [6, 6.07) is 8.59. The van der Waals surface area contributed by atoms with Crippen molar-refractivity contribution in [2.24, 2.45) is 0 Å². The van der Waals surface area contributed by atoms with Gasteiger partial charge in [-0.25, -0.2) is 0 Å². The van der Waals surface area contributed by atoms with Crippen molar-refractivity contribution in [2.45, 2.75) is 45.4 Å². The standard InChI is InChI=1S/C17H30N2O/c1-4-17(2,3)15-7-9-16(10-8-15)20-14-6-5-12-19-13-11-18/h7-10,19H,4-6,11-14,18H2,1-3H3/p+2. The molecule has 1 aromatic carbocycles. The Morgan fingerprint density at radius 2 is 1.80 bits per heavy atom. The average molecular weight is 280 g/mol. The van der Waals surface area contributed by atoms with Crippen molar-refractivity contribution in [3.05, 3.63) is 29.8 Å². The lowest BCUT2D eigenvalue weighted by Gasteiger charge is -2.23. The first-order chi connectivity index (χ1) is 9.60. The number of ether oxygens (including phenoxy) is 1. The highest BCUT2D eigenvalue weighted by molar-refractivity contribution is 5.31. The Balaban J connectivity index is 2.25. The molecular weight excluding hydrogens is 248 g/mol. The maximum atomic E-state index is 5.79. The minimum atomic E-state index is 0.252. The van der Waals surface area contributed by atoms with Crippen LogP contribution in [-0.2, 0) is 5.41 Å². The average Bonchev–Trinajstić information content (AvgIpc) is 2.47. The molecule has 0 aliphatic carbocycles. The van der Waals surface area contributed by atoms with E-state index < -0.39 is 0 Å². The molecule has 0 heterocycles. The van der Waals surface area contributed by atoms with Crippen molar-refractivity contribution in [3.63, 3.8) is 0 Å². The third kappa shape index (κ3) is 5.93. The summed E-state index contributed by atoms with van der Waals surface area (Å²) >= 11 is 0. The number of hydrogen-bond donors (Lipinski definition) is 2. The third-order valence-corrected chi connectivity index (χ3v) is 4.00. The molecule has 0 fully saturated rings. The van der Waals surface area contributed by atoms with E-state index in [0.717, 1.165) is 38.3 Å². The summed E-state index contributed by atoms with van der Waals surface area (Å²) in [7, 11) is 0. The Hall–Kier alpha value is -1.06. The molecule has 0 radical (unpaired) electrons. The second-order valence-corrected chi connectivity index (χ2v) is 6.04. The zero-order valence-electron chi connectivity index (χ0n) is 13.5. The van der Waals surface area contributed by atoms with Crippen LogP contribution in [0, 0.1) is 0 Å². The third-order valence-electron chi connectivity index (χ3n) is 4.00. The van der Waals surface area contributed by atoms with Crippen molar-refractivity contribution in [2.75, 3.05) is 26.2 Å². The van der Waals surface area contributed by atoms with Gasteiger partial charge in [0.25, 0.3) is 0 Å². The first kappa shape index (κ1) is 17.0. The summed E-state index contributed by atoms with van der Waals surface area (Å²) in [5, 5.41) is 2.33. The summed E-state index contributed by atoms with van der Waals surface area (Å²) in [6.07, 6.45) is 3.48. The lowest BCUT2D eigenvalue weighted by atomic mass is 9.82. The van der Waals surface area contributed by atoms with Crippen LogP contribution >= 0.6 is 0 Å². The van der Waals surface area contributed by atoms with E-state index in [4.69, 9.17) is 4.74 Å². The van der Waals surface area contributed by atoms with Crippen molar-refractivity contribution >= 4 is 0 Å². The maximum Gasteiger partial charge on any atom is 0.125 e. The van der Waals surface area contributed by atoms with Gasteiger partial charge in [-0.3, -0.25) is 0 Å². The molecule has 0 atom stereocenters. The van der Waals surface area contributed by atoms with Gasteiger partial charge >= 0.3 is 0 Å². The molecule has 114 valence electrons. The minimum Gasteiger partial charge on any atom is -0.494 e. The molecule has 1 aromatic rings. The van der Waals surface area contributed by atoms with Gasteiger partial charge in [0.2, 0.25) is 0 Å².